The molecule has 1 unspecified atom stereocenters. The molecule has 1 aromatic rings. The van der Waals surface area contributed by atoms with Crippen LogP contribution in [0.5, 0.6) is 0 Å². The van der Waals surface area contributed by atoms with Gasteiger partial charge in [-0.1, -0.05) is 18.9 Å². The summed E-state index contributed by atoms with van der Waals surface area (Å²) in [5, 5.41) is 3.39. The van der Waals surface area contributed by atoms with E-state index in [1.807, 2.05) is 12.3 Å². The largest absolute Gasteiger partial charge is 0.333 e. The fraction of sp³-hybridized carbons (Fsp3) is 0.625. The van der Waals surface area contributed by atoms with Gasteiger partial charge in [0.2, 0.25) is 5.91 Å². The lowest BCUT2D eigenvalue weighted by Gasteiger charge is -2.37. The van der Waals surface area contributed by atoms with Gasteiger partial charge < -0.3 is 10.2 Å². The third-order valence-electron chi connectivity index (χ3n) is 4.57. The Morgan fingerprint density at radius 1 is 1.40 bits per heavy atom. The molecule has 1 amide bonds. The molecule has 2 aliphatic rings. The predicted octanol–water partition coefficient (Wildman–Crippen LogP) is 2.13. The smallest absolute Gasteiger partial charge is 0.223 e. The second kappa shape index (κ2) is 6.35. The van der Waals surface area contributed by atoms with Crippen LogP contribution < -0.4 is 5.32 Å². The maximum absolute atomic E-state index is 12.6. The quantitative estimate of drug-likeness (QED) is 0.917. The van der Waals surface area contributed by atoms with Gasteiger partial charge in [0.1, 0.15) is 0 Å². The second-order valence-electron chi connectivity index (χ2n) is 5.95. The summed E-state index contributed by atoms with van der Waals surface area (Å²) in [5.41, 5.74) is 1.14. The molecule has 0 bridgehead atoms. The zero-order valence-corrected chi connectivity index (χ0v) is 11.9. The van der Waals surface area contributed by atoms with Gasteiger partial charge >= 0.3 is 0 Å². The molecule has 1 atom stereocenters. The maximum atomic E-state index is 12.6. The van der Waals surface area contributed by atoms with E-state index >= 15 is 0 Å². The van der Waals surface area contributed by atoms with Crippen LogP contribution in [0, 0.1) is 5.92 Å². The van der Waals surface area contributed by atoms with E-state index in [-0.39, 0.29) is 6.04 Å². The molecule has 1 aliphatic heterocycles. The van der Waals surface area contributed by atoms with Crippen LogP contribution in [0.25, 0.3) is 0 Å². The van der Waals surface area contributed by atoms with Crippen LogP contribution in [0.4, 0.5) is 0 Å². The average Bonchev–Trinajstić information content (AvgIpc) is 3.01. The summed E-state index contributed by atoms with van der Waals surface area (Å²) >= 11 is 0. The third kappa shape index (κ3) is 3.01. The number of carbonyl (C=O) groups excluding carboxylic acids is 1. The lowest BCUT2D eigenvalue weighted by Crippen LogP contribution is -2.49. The van der Waals surface area contributed by atoms with Crippen molar-refractivity contribution >= 4 is 5.91 Å². The van der Waals surface area contributed by atoms with Crippen LogP contribution >= 0.6 is 0 Å². The van der Waals surface area contributed by atoms with Gasteiger partial charge in [-0.25, -0.2) is 0 Å². The summed E-state index contributed by atoms with van der Waals surface area (Å²) < 4.78 is 0. The molecule has 0 radical (unpaired) electrons. The van der Waals surface area contributed by atoms with Crippen molar-refractivity contribution in [2.75, 3.05) is 19.6 Å². The van der Waals surface area contributed by atoms with Crippen molar-refractivity contribution in [3.8, 4) is 0 Å². The number of hydrogen-bond donors (Lipinski definition) is 1. The van der Waals surface area contributed by atoms with Crippen molar-refractivity contribution in [2.45, 2.75) is 38.1 Å². The van der Waals surface area contributed by atoms with Crippen molar-refractivity contribution in [1.29, 1.82) is 0 Å². The van der Waals surface area contributed by atoms with E-state index in [4.69, 9.17) is 0 Å². The molecule has 1 saturated heterocycles. The van der Waals surface area contributed by atoms with Gasteiger partial charge in [0.15, 0.2) is 0 Å². The van der Waals surface area contributed by atoms with Gasteiger partial charge in [0, 0.05) is 38.4 Å². The molecule has 1 N–H and O–H groups in total. The summed E-state index contributed by atoms with van der Waals surface area (Å²) in [6, 6.07) is 4.16. The maximum Gasteiger partial charge on any atom is 0.223 e. The topological polar surface area (TPSA) is 45.2 Å². The Kier molecular flexibility index (Phi) is 4.31. The van der Waals surface area contributed by atoms with Crippen molar-refractivity contribution in [2.24, 2.45) is 5.92 Å². The Hall–Kier alpha value is -1.42. The zero-order valence-electron chi connectivity index (χ0n) is 11.9. The molecule has 1 aliphatic carbocycles. The number of rotatable bonds is 3. The van der Waals surface area contributed by atoms with E-state index in [1.165, 1.54) is 25.7 Å². The summed E-state index contributed by atoms with van der Waals surface area (Å²) in [7, 11) is 0. The SMILES string of the molecule is O=C(CC1CCCC1)N1CCNCC1c1cccnc1. The van der Waals surface area contributed by atoms with Crippen molar-refractivity contribution in [3.63, 3.8) is 0 Å². The molecule has 4 heteroatoms. The first-order valence-electron chi connectivity index (χ1n) is 7.74. The third-order valence-corrected chi connectivity index (χ3v) is 4.57. The molecule has 3 rings (SSSR count). The molecule has 2 heterocycles. The van der Waals surface area contributed by atoms with Gasteiger partial charge in [0.05, 0.1) is 6.04 Å². The Balaban J connectivity index is 1.70. The Morgan fingerprint density at radius 2 is 2.25 bits per heavy atom. The summed E-state index contributed by atoms with van der Waals surface area (Å²) in [4.78, 5) is 18.9. The Bertz CT molecular complexity index is 442. The zero-order chi connectivity index (χ0) is 13.8. The minimum absolute atomic E-state index is 0.145. The highest BCUT2D eigenvalue weighted by molar-refractivity contribution is 5.77. The van der Waals surface area contributed by atoms with Crippen LogP contribution in [0.1, 0.15) is 43.7 Å². The number of carbonyl (C=O) groups is 1. The van der Waals surface area contributed by atoms with Crippen molar-refractivity contribution < 1.29 is 4.79 Å². The molecular weight excluding hydrogens is 250 g/mol. The summed E-state index contributed by atoms with van der Waals surface area (Å²) in [6.07, 6.45) is 9.45. The van der Waals surface area contributed by atoms with Crippen LogP contribution in [-0.4, -0.2) is 35.4 Å². The first-order chi connectivity index (χ1) is 9.84. The summed E-state index contributed by atoms with van der Waals surface area (Å²) in [6.45, 7) is 2.54. The second-order valence-corrected chi connectivity index (χ2v) is 5.95. The van der Waals surface area contributed by atoms with E-state index in [0.717, 1.165) is 31.6 Å². The number of pyridine rings is 1. The summed E-state index contributed by atoms with van der Waals surface area (Å²) in [5.74, 6) is 0.944. The molecule has 0 aromatic carbocycles. The van der Waals surface area contributed by atoms with E-state index in [0.29, 0.717) is 11.8 Å². The standard InChI is InChI=1S/C16H23N3O/c20-16(10-13-4-1-2-5-13)19-9-8-18-12-15(19)14-6-3-7-17-11-14/h3,6-7,11,13,15,18H,1-2,4-5,8-10,12H2. The van der Waals surface area contributed by atoms with Gasteiger partial charge in [-0.2, -0.15) is 0 Å². The highest BCUT2D eigenvalue weighted by Gasteiger charge is 2.29. The van der Waals surface area contributed by atoms with E-state index in [9.17, 15) is 4.79 Å². The number of aromatic nitrogens is 1. The fourth-order valence-corrected chi connectivity index (χ4v) is 3.45. The monoisotopic (exact) mass is 273 g/mol. The first-order valence-corrected chi connectivity index (χ1v) is 7.74. The Labute approximate surface area is 120 Å². The van der Waals surface area contributed by atoms with Gasteiger partial charge in [-0.15, -0.1) is 0 Å². The van der Waals surface area contributed by atoms with E-state index < -0.39 is 0 Å². The van der Waals surface area contributed by atoms with Gasteiger partial charge in [-0.3, -0.25) is 9.78 Å². The van der Waals surface area contributed by atoms with E-state index in [1.54, 1.807) is 6.20 Å². The molecule has 20 heavy (non-hydrogen) atoms. The van der Waals surface area contributed by atoms with Crippen molar-refractivity contribution in [1.82, 2.24) is 15.2 Å². The van der Waals surface area contributed by atoms with Crippen LogP contribution in [0.2, 0.25) is 0 Å². The van der Waals surface area contributed by atoms with Crippen molar-refractivity contribution in [3.05, 3.63) is 30.1 Å². The number of hydrogen-bond acceptors (Lipinski definition) is 3. The highest BCUT2D eigenvalue weighted by Crippen LogP contribution is 2.30. The van der Waals surface area contributed by atoms with Crippen LogP contribution in [0.15, 0.2) is 24.5 Å². The van der Waals surface area contributed by atoms with Crippen LogP contribution in [0.3, 0.4) is 0 Å². The van der Waals surface area contributed by atoms with Gasteiger partial charge in [-0.05, 0) is 30.4 Å². The molecular formula is C16H23N3O. The number of amides is 1. The number of piperazine rings is 1. The molecule has 108 valence electrons. The molecule has 1 saturated carbocycles. The number of nitrogens with zero attached hydrogens (tertiary/aromatic N) is 2. The lowest BCUT2D eigenvalue weighted by molar-refractivity contribution is -0.135. The number of nitrogens with one attached hydrogen (secondary N) is 1. The molecule has 0 spiro atoms. The minimum atomic E-state index is 0.145. The highest BCUT2D eigenvalue weighted by atomic mass is 16.2. The normalized spacial score (nSPS) is 24.0. The fourth-order valence-electron chi connectivity index (χ4n) is 3.45. The minimum Gasteiger partial charge on any atom is -0.333 e. The van der Waals surface area contributed by atoms with Crippen LogP contribution in [-0.2, 0) is 4.79 Å². The Morgan fingerprint density at radius 3 is 3.00 bits per heavy atom. The predicted molar refractivity (Wildman–Crippen MR) is 78.1 cm³/mol. The average molecular weight is 273 g/mol. The molecule has 4 nitrogen and oxygen atoms in total. The van der Waals surface area contributed by atoms with E-state index in [2.05, 4.69) is 21.3 Å². The lowest BCUT2D eigenvalue weighted by atomic mass is 10.00. The first kappa shape index (κ1) is 13.6. The molecule has 2 fully saturated rings. The molecule has 1 aromatic heterocycles. The van der Waals surface area contributed by atoms with Gasteiger partial charge in [0.25, 0.3) is 0 Å².